The van der Waals surface area contributed by atoms with Gasteiger partial charge >= 0.3 is 6.18 Å². The van der Waals surface area contributed by atoms with Gasteiger partial charge in [-0.25, -0.2) is 4.98 Å². The minimum absolute atomic E-state index is 0.0390. The summed E-state index contributed by atoms with van der Waals surface area (Å²) in [6, 6.07) is 10.9. The number of alkyl halides is 3. The molecular weight excluding hydrogens is 445 g/mol. The third-order valence-electron chi connectivity index (χ3n) is 5.70. The Morgan fingerprint density at radius 2 is 1.91 bits per heavy atom. The van der Waals surface area contributed by atoms with Gasteiger partial charge in [-0.2, -0.15) is 13.2 Å². The first-order valence-electron chi connectivity index (χ1n) is 11.2. The third-order valence-corrected chi connectivity index (χ3v) is 5.70. The number of benzene rings is 1. The summed E-state index contributed by atoms with van der Waals surface area (Å²) in [6.45, 7) is 7.05. The van der Waals surface area contributed by atoms with Gasteiger partial charge in [-0.3, -0.25) is 14.7 Å². The van der Waals surface area contributed by atoms with Gasteiger partial charge in [0.25, 0.3) is 5.91 Å². The summed E-state index contributed by atoms with van der Waals surface area (Å²) in [5.41, 5.74) is 0.896. The number of nitrogens with one attached hydrogen (secondary N) is 1. The molecule has 6 nitrogen and oxygen atoms in total. The highest BCUT2D eigenvalue weighted by Gasteiger charge is 2.30. The standard InChI is InChI=1S/C25H29F3N4O2/c1-17(2)18(3)32(14-19-7-6-8-20(13-19)25(26,27)28)15-23-31-22(16-34-23)24(33)30-12-10-21-9-4-5-11-29-21/h4-9,11,13,16-18H,10,12,14-15H2,1-3H3,(H,30,33). The predicted molar refractivity (Wildman–Crippen MR) is 122 cm³/mol. The van der Waals surface area contributed by atoms with Crippen LogP contribution in [0.15, 0.2) is 59.3 Å². The van der Waals surface area contributed by atoms with E-state index >= 15 is 0 Å². The van der Waals surface area contributed by atoms with Crippen LogP contribution in [-0.4, -0.2) is 33.4 Å². The lowest BCUT2D eigenvalue weighted by atomic mass is 10.0. The van der Waals surface area contributed by atoms with Crippen molar-refractivity contribution in [3.63, 3.8) is 0 Å². The van der Waals surface area contributed by atoms with E-state index in [-0.39, 0.29) is 36.7 Å². The van der Waals surface area contributed by atoms with Crippen LogP contribution < -0.4 is 5.32 Å². The summed E-state index contributed by atoms with van der Waals surface area (Å²) in [5, 5.41) is 2.79. The van der Waals surface area contributed by atoms with Crippen LogP contribution in [-0.2, 0) is 25.7 Å². The minimum atomic E-state index is -4.40. The number of pyridine rings is 1. The maximum atomic E-state index is 13.1. The highest BCUT2D eigenvalue weighted by atomic mass is 19.4. The maximum Gasteiger partial charge on any atom is 0.416 e. The monoisotopic (exact) mass is 474 g/mol. The van der Waals surface area contributed by atoms with E-state index in [2.05, 4.69) is 15.3 Å². The zero-order valence-corrected chi connectivity index (χ0v) is 19.5. The predicted octanol–water partition coefficient (Wildman–Crippen LogP) is 5.11. The molecule has 3 rings (SSSR count). The summed E-state index contributed by atoms with van der Waals surface area (Å²) < 4.78 is 44.9. The molecule has 3 aromatic rings. The second-order valence-corrected chi connectivity index (χ2v) is 8.54. The molecule has 2 heterocycles. The van der Waals surface area contributed by atoms with E-state index in [1.54, 1.807) is 12.3 Å². The lowest BCUT2D eigenvalue weighted by molar-refractivity contribution is -0.137. The van der Waals surface area contributed by atoms with Crippen LogP contribution in [0.5, 0.6) is 0 Å². The lowest BCUT2D eigenvalue weighted by Gasteiger charge is -2.31. The molecular formula is C25H29F3N4O2. The molecule has 1 aromatic carbocycles. The van der Waals surface area contributed by atoms with Gasteiger partial charge in [-0.15, -0.1) is 0 Å². The molecule has 34 heavy (non-hydrogen) atoms. The van der Waals surface area contributed by atoms with Gasteiger partial charge in [0.1, 0.15) is 6.26 Å². The van der Waals surface area contributed by atoms with Crippen LogP contribution in [0.4, 0.5) is 13.2 Å². The van der Waals surface area contributed by atoms with Gasteiger partial charge in [-0.1, -0.05) is 38.1 Å². The molecule has 0 saturated heterocycles. The van der Waals surface area contributed by atoms with E-state index in [9.17, 15) is 18.0 Å². The number of carbonyl (C=O) groups is 1. The second-order valence-electron chi connectivity index (χ2n) is 8.54. The molecule has 1 unspecified atom stereocenters. The Kier molecular flexibility index (Phi) is 8.44. The summed E-state index contributed by atoms with van der Waals surface area (Å²) in [7, 11) is 0. The molecule has 0 fully saturated rings. The van der Waals surface area contributed by atoms with Crippen molar-refractivity contribution in [2.45, 2.75) is 52.5 Å². The molecule has 9 heteroatoms. The number of carbonyl (C=O) groups excluding carboxylic acids is 1. The number of nitrogens with zero attached hydrogens (tertiary/aromatic N) is 3. The molecule has 0 bridgehead atoms. The zero-order valence-electron chi connectivity index (χ0n) is 19.5. The largest absolute Gasteiger partial charge is 0.447 e. The fourth-order valence-corrected chi connectivity index (χ4v) is 3.45. The fourth-order valence-electron chi connectivity index (χ4n) is 3.45. The van der Waals surface area contributed by atoms with Crippen molar-refractivity contribution in [3.05, 3.63) is 83.3 Å². The quantitative estimate of drug-likeness (QED) is 0.442. The zero-order chi connectivity index (χ0) is 24.7. The third kappa shape index (κ3) is 7.15. The highest BCUT2D eigenvalue weighted by molar-refractivity contribution is 5.91. The van der Waals surface area contributed by atoms with E-state index in [0.717, 1.165) is 17.8 Å². The average Bonchev–Trinajstić information content (AvgIpc) is 3.27. The van der Waals surface area contributed by atoms with Gasteiger partial charge in [0.2, 0.25) is 5.89 Å². The first-order valence-corrected chi connectivity index (χ1v) is 11.2. The number of rotatable bonds is 10. The summed E-state index contributed by atoms with van der Waals surface area (Å²) in [6.07, 6.45) is -0.807. The normalized spacial score (nSPS) is 12.8. The Balaban J connectivity index is 1.65. The van der Waals surface area contributed by atoms with Crippen molar-refractivity contribution < 1.29 is 22.4 Å². The summed E-state index contributed by atoms with van der Waals surface area (Å²) >= 11 is 0. The van der Waals surface area contributed by atoms with E-state index < -0.39 is 11.7 Å². The lowest BCUT2D eigenvalue weighted by Crippen LogP contribution is -2.36. The number of halogens is 3. The van der Waals surface area contributed by atoms with Crippen LogP contribution in [0.25, 0.3) is 0 Å². The van der Waals surface area contributed by atoms with Crippen molar-refractivity contribution >= 4 is 5.91 Å². The average molecular weight is 475 g/mol. The van der Waals surface area contributed by atoms with Crippen molar-refractivity contribution in [3.8, 4) is 0 Å². The number of hydrogen-bond donors (Lipinski definition) is 1. The Hall–Kier alpha value is -3.20. The Morgan fingerprint density at radius 3 is 2.59 bits per heavy atom. The van der Waals surface area contributed by atoms with Gasteiger partial charge < -0.3 is 9.73 Å². The van der Waals surface area contributed by atoms with E-state index in [1.807, 2.05) is 43.9 Å². The topological polar surface area (TPSA) is 71.3 Å². The molecule has 0 saturated carbocycles. The Labute approximate surface area is 197 Å². The molecule has 182 valence electrons. The van der Waals surface area contributed by atoms with Crippen molar-refractivity contribution in [2.75, 3.05) is 6.54 Å². The molecule has 0 aliphatic heterocycles. The first-order chi connectivity index (χ1) is 16.1. The van der Waals surface area contributed by atoms with Gasteiger partial charge in [0.05, 0.1) is 12.1 Å². The highest BCUT2D eigenvalue weighted by Crippen LogP contribution is 2.30. The van der Waals surface area contributed by atoms with E-state index in [0.29, 0.717) is 24.4 Å². The second kappa shape index (κ2) is 11.3. The SMILES string of the molecule is CC(C)C(C)N(Cc1cccc(C(F)(F)F)c1)Cc1nc(C(=O)NCCc2ccccn2)co1. The van der Waals surface area contributed by atoms with Crippen LogP contribution in [0.1, 0.15) is 54.0 Å². The molecule has 1 N–H and O–H groups in total. The summed E-state index contributed by atoms with van der Waals surface area (Å²) in [5.74, 6) is 0.219. The molecule has 0 aliphatic rings. The molecule has 0 aliphatic carbocycles. The van der Waals surface area contributed by atoms with E-state index in [1.165, 1.54) is 12.3 Å². The molecule has 1 amide bonds. The van der Waals surface area contributed by atoms with Gasteiger partial charge in [0.15, 0.2) is 5.69 Å². The molecule has 1 atom stereocenters. The Morgan fingerprint density at radius 1 is 1.12 bits per heavy atom. The Bertz CT molecular complexity index is 1070. The molecule has 0 spiro atoms. The van der Waals surface area contributed by atoms with Gasteiger partial charge in [0, 0.05) is 37.4 Å². The maximum absolute atomic E-state index is 13.1. The minimum Gasteiger partial charge on any atom is -0.447 e. The first kappa shape index (κ1) is 25.4. The van der Waals surface area contributed by atoms with Crippen molar-refractivity contribution in [1.82, 2.24) is 20.2 Å². The smallest absolute Gasteiger partial charge is 0.416 e. The van der Waals surface area contributed by atoms with Crippen molar-refractivity contribution in [1.29, 1.82) is 0 Å². The van der Waals surface area contributed by atoms with Crippen molar-refractivity contribution in [2.24, 2.45) is 5.92 Å². The summed E-state index contributed by atoms with van der Waals surface area (Å²) in [4.78, 5) is 22.9. The van der Waals surface area contributed by atoms with Crippen LogP contribution >= 0.6 is 0 Å². The fraction of sp³-hybridized carbons (Fsp3) is 0.400. The van der Waals surface area contributed by atoms with Gasteiger partial charge in [-0.05, 0) is 36.6 Å². The molecule has 0 radical (unpaired) electrons. The number of amides is 1. The van der Waals surface area contributed by atoms with Crippen LogP contribution in [0, 0.1) is 5.92 Å². The molecule has 2 aromatic heterocycles. The number of aromatic nitrogens is 2. The van der Waals surface area contributed by atoms with Crippen LogP contribution in [0.2, 0.25) is 0 Å². The van der Waals surface area contributed by atoms with Crippen LogP contribution in [0.3, 0.4) is 0 Å². The number of hydrogen-bond acceptors (Lipinski definition) is 5. The van der Waals surface area contributed by atoms with E-state index in [4.69, 9.17) is 4.42 Å². The number of oxazole rings is 1.